The fourth-order valence-electron chi connectivity index (χ4n) is 3.72. The fourth-order valence-corrected chi connectivity index (χ4v) is 3.72. The van der Waals surface area contributed by atoms with Gasteiger partial charge in [-0.3, -0.25) is 4.99 Å². The first-order valence-electron chi connectivity index (χ1n) is 11.0. The Bertz CT molecular complexity index is 636. The predicted octanol–water partition coefficient (Wildman–Crippen LogP) is 4.41. The summed E-state index contributed by atoms with van der Waals surface area (Å²) < 4.78 is 16.3. The number of hydrogen-bond acceptors (Lipinski definition) is 4. The van der Waals surface area contributed by atoms with E-state index in [0.717, 1.165) is 63.0 Å². The van der Waals surface area contributed by atoms with Crippen molar-refractivity contribution >= 4 is 29.9 Å². The molecule has 0 aliphatic heterocycles. The Morgan fingerprint density at radius 2 is 1.93 bits per heavy atom. The van der Waals surface area contributed by atoms with E-state index in [1.54, 1.807) is 14.2 Å². The SMILES string of the molecule is CCNC(=NCC1(CCOC)CCC1)NCCCc1ccc(OC)c(OCC)c1.I. The third-order valence-electron chi connectivity index (χ3n) is 5.63. The van der Waals surface area contributed by atoms with E-state index < -0.39 is 0 Å². The molecule has 0 aromatic heterocycles. The molecule has 0 radical (unpaired) electrons. The molecule has 30 heavy (non-hydrogen) atoms. The molecular formula is C23H40IN3O3. The maximum Gasteiger partial charge on any atom is 0.191 e. The first-order chi connectivity index (χ1) is 14.2. The van der Waals surface area contributed by atoms with E-state index in [4.69, 9.17) is 19.2 Å². The highest BCUT2D eigenvalue weighted by Crippen LogP contribution is 2.44. The summed E-state index contributed by atoms with van der Waals surface area (Å²) in [5.74, 6) is 2.52. The van der Waals surface area contributed by atoms with Gasteiger partial charge >= 0.3 is 0 Å². The second kappa shape index (κ2) is 14.7. The fraction of sp³-hybridized carbons (Fsp3) is 0.696. The molecule has 0 amide bonds. The molecule has 7 heteroatoms. The molecule has 2 rings (SSSR count). The number of nitrogens with one attached hydrogen (secondary N) is 2. The lowest BCUT2D eigenvalue weighted by Gasteiger charge is -2.40. The van der Waals surface area contributed by atoms with Gasteiger partial charge in [0.1, 0.15) is 0 Å². The summed E-state index contributed by atoms with van der Waals surface area (Å²) in [6, 6.07) is 6.17. The van der Waals surface area contributed by atoms with Crippen molar-refractivity contribution < 1.29 is 14.2 Å². The van der Waals surface area contributed by atoms with Crippen molar-refractivity contribution in [2.75, 3.05) is 47.1 Å². The van der Waals surface area contributed by atoms with E-state index in [2.05, 4.69) is 29.7 Å². The Balaban J connectivity index is 0.00000450. The van der Waals surface area contributed by atoms with Gasteiger partial charge in [0.05, 0.1) is 13.7 Å². The Morgan fingerprint density at radius 3 is 2.53 bits per heavy atom. The van der Waals surface area contributed by atoms with Crippen molar-refractivity contribution in [3.05, 3.63) is 23.8 Å². The third-order valence-corrected chi connectivity index (χ3v) is 5.63. The van der Waals surface area contributed by atoms with Gasteiger partial charge in [-0.1, -0.05) is 12.5 Å². The van der Waals surface area contributed by atoms with E-state index in [0.29, 0.717) is 12.0 Å². The maximum atomic E-state index is 5.67. The molecule has 1 aliphatic rings. The zero-order valence-corrected chi connectivity index (χ0v) is 21.4. The summed E-state index contributed by atoms with van der Waals surface area (Å²) in [5.41, 5.74) is 1.60. The number of rotatable bonds is 13. The highest BCUT2D eigenvalue weighted by atomic mass is 127. The highest BCUT2D eigenvalue weighted by molar-refractivity contribution is 14.0. The maximum absolute atomic E-state index is 5.67. The minimum absolute atomic E-state index is 0. The minimum atomic E-state index is 0. The molecule has 0 spiro atoms. The van der Waals surface area contributed by atoms with E-state index >= 15 is 0 Å². The summed E-state index contributed by atoms with van der Waals surface area (Å²) in [7, 11) is 3.45. The molecule has 1 aliphatic carbocycles. The van der Waals surface area contributed by atoms with Crippen LogP contribution in [0, 0.1) is 5.41 Å². The number of nitrogens with zero attached hydrogens (tertiary/aromatic N) is 1. The molecule has 0 unspecified atom stereocenters. The van der Waals surface area contributed by atoms with Gasteiger partial charge in [0, 0.05) is 33.4 Å². The molecule has 172 valence electrons. The van der Waals surface area contributed by atoms with Crippen molar-refractivity contribution in [3.8, 4) is 11.5 Å². The number of halogens is 1. The number of benzene rings is 1. The van der Waals surface area contributed by atoms with Crippen LogP contribution in [0.5, 0.6) is 11.5 Å². The molecule has 0 atom stereocenters. The van der Waals surface area contributed by atoms with Crippen molar-refractivity contribution in [3.63, 3.8) is 0 Å². The smallest absolute Gasteiger partial charge is 0.191 e. The largest absolute Gasteiger partial charge is 0.493 e. The van der Waals surface area contributed by atoms with Crippen LogP contribution in [0.3, 0.4) is 0 Å². The third kappa shape index (κ3) is 8.49. The van der Waals surface area contributed by atoms with Crippen LogP contribution in [-0.2, 0) is 11.2 Å². The Labute approximate surface area is 199 Å². The topological polar surface area (TPSA) is 64.1 Å². The van der Waals surface area contributed by atoms with Crippen LogP contribution in [0.1, 0.15) is 51.5 Å². The summed E-state index contributed by atoms with van der Waals surface area (Å²) in [6.45, 7) is 8.18. The van der Waals surface area contributed by atoms with E-state index in [9.17, 15) is 0 Å². The first-order valence-corrected chi connectivity index (χ1v) is 11.0. The number of aliphatic imine (C=N–C) groups is 1. The average molecular weight is 533 g/mol. The second-order valence-corrected chi connectivity index (χ2v) is 7.74. The Kier molecular flexibility index (Phi) is 13.2. The van der Waals surface area contributed by atoms with Crippen LogP contribution in [0.2, 0.25) is 0 Å². The van der Waals surface area contributed by atoms with Crippen molar-refractivity contribution in [2.45, 2.75) is 52.4 Å². The molecule has 0 heterocycles. The lowest BCUT2D eigenvalue weighted by molar-refractivity contribution is 0.0778. The quantitative estimate of drug-likeness (QED) is 0.170. The zero-order valence-electron chi connectivity index (χ0n) is 19.1. The predicted molar refractivity (Wildman–Crippen MR) is 135 cm³/mol. The van der Waals surface area contributed by atoms with E-state index in [1.165, 1.54) is 24.8 Å². The molecule has 1 aromatic carbocycles. The second-order valence-electron chi connectivity index (χ2n) is 7.74. The lowest BCUT2D eigenvalue weighted by Crippen LogP contribution is -2.40. The number of ether oxygens (including phenoxy) is 3. The highest BCUT2D eigenvalue weighted by Gasteiger charge is 2.36. The summed E-state index contributed by atoms with van der Waals surface area (Å²) in [6.07, 6.45) is 6.95. The van der Waals surface area contributed by atoms with Gasteiger partial charge in [0.25, 0.3) is 0 Å². The minimum Gasteiger partial charge on any atom is -0.493 e. The van der Waals surface area contributed by atoms with Gasteiger partial charge in [0.15, 0.2) is 17.5 Å². The zero-order chi connectivity index (χ0) is 21.0. The van der Waals surface area contributed by atoms with Gasteiger partial charge in [0.2, 0.25) is 0 Å². The Morgan fingerprint density at radius 1 is 1.13 bits per heavy atom. The van der Waals surface area contributed by atoms with Gasteiger partial charge in [-0.2, -0.15) is 0 Å². The van der Waals surface area contributed by atoms with Crippen molar-refractivity contribution in [1.82, 2.24) is 10.6 Å². The van der Waals surface area contributed by atoms with E-state index in [-0.39, 0.29) is 24.0 Å². The molecular weight excluding hydrogens is 493 g/mol. The first kappa shape index (κ1) is 26.8. The molecule has 1 aromatic rings. The number of hydrogen-bond donors (Lipinski definition) is 2. The summed E-state index contributed by atoms with van der Waals surface area (Å²) >= 11 is 0. The van der Waals surface area contributed by atoms with Gasteiger partial charge in [-0.05, 0) is 69.1 Å². The van der Waals surface area contributed by atoms with Gasteiger partial charge < -0.3 is 24.8 Å². The number of guanidine groups is 1. The molecule has 1 saturated carbocycles. The van der Waals surface area contributed by atoms with Gasteiger partial charge in [-0.25, -0.2) is 0 Å². The van der Waals surface area contributed by atoms with Crippen LogP contribution < -0.4 is 20.1 Å². The monoisotopic (exact) mass is 533 g/mol. The molecule has 0 bridgehead atoms. The average Bonchev–Trinajstić information content (AvgIpc) is 2.70. The normalized spacial score (nSPS) is 15.0. The van der Waals surface area contributed by atoms with Crippen molar-refractivity contribution in [2.24, 2.45) is 10.4 Å². The molecule has 6 nitrogen and oxygen atoms in total. The lowest BCUT2D eigenvalue weighted by atomic mass is 9.67. The standard InChI is InChI=1S/C23H39N3O3.HI/c1-5-24-22(26-18-23(12-8-13-23)14-16-27-3)25-15-7-9-19-10-11-20(28-4)21(17-19)29-6-2;/h10-11,17H,5-9,12-16,18H2,1-4H3,(H2,24,25,26);1H. The van der Waals surface area contributed by atoms with Crippen LogP contribution in [-0.4, -0.2) is 53.0 Å². The van der Waals surface area contributed by atoms with Crippen LogP contribution in [0.15, 0.2) is 23.2 Å². The van der Waals surface area contributed by atoms with Gasteiger partial charge in [-0.15, -0.1) is 24.0 Å². The van der Waals surface area contributed by atoms with Crippen LogP contribution in [0.25, 0.3) is 0 Å². The summed E-state index contributed by atoms with van der Waals surface area (Å²) in [5, 5.41) is 6.85. The van der Waals surface area contributed by atoms with Crippen LogP contribution in [0.4, 0.5) is 0 Å². The summed E-state index contributed by atoms with van der Waals surface area (Å²) in [4.78, 5) is 4.87. The molecule has 2 N–H and O–H groups in total. The molecule has 1 fully saturated rings. The Hall–Kier alpha value is -1.22. The number of methoxy groups -OCH3 is 2. The van der Waals surface area contributed by atoms with E-state index in [1.807, 2.05) is 13.0 Å². The van der Waals surface area contributed by atoms with Crippen molar-refractivity contribution in [1.29, 1.82) is 0 Å². The number of aryl methyl sites for hydroxylation is 1. The molecule has 0 saturated heterocycles. The van der Waals surface area contributed by atoms with Crippen LogP contribution >= 0.6 is 24.0 Å².